The van der Waals surface area contributed by atoms with Gasteiger partial charge in [-0.2, -0.15) is 0 Å². The fourth-order valence-corrected chi connectivity index (χ4v) is 3.78. The van der Waals surface area contributed by atoms with Gasteiger partial charge in [0.15, 0.2) is 0 Å². The van der Waals surface area contributed by atoms with Crippen molar-refractivity contribution in [2.24, 2.45) is 10.9 Å². The highest BCUT2D eigenvalue weighted by Crippen LogP contribution is 2.27. The van der Waals surface area contributed by atoms with Crippen LogP contribution in [0.25, 0.3) is 11.1 Å². The van der Waals surface area contributed by atoms with Crippen LogP contribution in [0.15, 0.2) is 71.6 Å². The lowest BCUT2D eigenvalue weighted by molar-refractivity contribution is -0.115. The van der Waals surface area contributed by atoms with Gasteiger partial charge < -0.3 is 21.5 Å². The fraction of sp³-hybridized carbons (Fsp3) is 0.0455. The molecule has 0 aromatic heterocycles. The summed E-state index contributed by atoms with van der Waals surface area (Å²) in [6.07, 6.45) is 0. The van der Waals surface area contributed by atoms with Gasteiger partial charge in [0.1, 0.15) is 11.6 Å². The van der Waals surface area contributed by atoms with Crippen molar-refractivity contribution >= 4 is 33.4 Å². The van der Waals surface area contributed by atoms with Crippen LogP contribution in [0.3, 0.4) is 0 Å². The second-order valence-electron chi connectivity index (χ2n) is 6.99. The number of rotatable bonds is 7. The van der Waals surface area contributed by atoms with Gasteiger partial charge in [0.25, 0.3) is 5.91 Å². The standard InChI is InChI=1S/C22H21N5O5S/c23-21(24)15-9-10-18(28)17(11-15)27-20(29)12-26-22(30)14-7-5-13(6-8-14)16-3-1-2-4-19(16)33(25,31)32/h1-11,28H,12H2,(H3,23,24)(H,26,30)(H,27,29)(H2,25,31,32). The molecule has 0 aliphatic carbocycles. The zero-order chi connectivity index (χ0) is 24.2. The van der Waals surface area contributed by atoms with E-state index in [4.69, 9.17) is 16.3 Å². The van der Waals surface area contributed by atoms with Crippen LogP contribution in [0.1, 0.15) is 15.9 Å². The third-order valence-corrected chi connectivity index (χ3v) is 5.61. The van der Waals surface area contributed by atoms with E-state index in [1.54, 1.807) is 30.3 Å². The maximum Gasteiger partial charge on any atom is 0.251 e. The molecule has 10 nitrogen and oxygen atoms in total. The number of nitrogen functional groups attached to an aromatic ring is 1. The van der Waals surface area contributed by atoms with Gasteiger partial charge in [-0.05, 0) is 42.0 Å². The van der Waals surface area contributed by atoms with Crippen molar-refractivity contribution in [3.63, 3.8) is 0 Å². The highest BCUT2D eigenvalue weighted by atomic mass is 32.2. The molecule has 0 aliphatic heterocycles. The van der Waals surface area contributed by atoms with Crippen molar-refractivity contribution < 1.29 is 23.1 Å². The topological polar surface area (TPSA) is 188 Å². The summed E-state index contributed by atoms with van der Waals surface area (Å²) in [6.45, 7) is -0.376. The van der Waals surface area contributed by atoms with Crippen LogP contribution < -0.4 is 21.5 Å². The molecule has 0 heterocycles. The van der Waals surface area contributed by atoms with E-state index in [1.165, 1.54) is 36.4 Å². The molecule has 33 heavy (non-hydrogen) atoms. The minimum Gasteiger partial charge on any atom is -0.506 e. The van der Waals surface area contributed by atoms with E-state index in [2.05, 4.69) is 10.6 Å². The lowest BCUT2D eigenvalue weighted by atomic mass is 10.0. The number of nitrogens with two attached hydrogens (primary N) is 2. The third-order valence-electron chi connectivity index (χ3n) is 4.64. The smallest absolute Gasteiger partial charge is 0.251 e. The number of primary sulfonamides is 1. The molecule has 0 aliphatic rings. The van der Waals surface area contributed by atoms with E-state index in [0.717, 1.165) is 0 Å². The first-order valence-corrected chi connectivity index (χ1v) is 11.1. The predicted octanol–water partition coefficient (Wildman–Crippen LogP) is 1.36. The number of aromatic hydroxyl groups is 1. The zero-order valence-corrected chi connectivity index (χ0v) is 18.0. The first kappa shape index (κ1) is 23.4. The molecule has 3 rings (SSSR count). The summed E-state index contributed by atoms with van der Waals surface area (Å²) in [7, 11) is -3.92. The van der Waals surface area contributed by atoms with Crippen molar-refractivity contribution in [2.45, 2.75) is 4.90 Å². The second-order valence-corrected chi connectivity index (χ2v) is 8.52. The number of phenolic OH excluding ortho intramolecular Hbond substituents is 1. The lowest BCUT2D eigenvalue weighted by Gasteiger charge is -2.11. The summed E-state index contributed by atoms with van der Waals surface area (Å²) in [4.78, 5) is 24.5. The molecule has 0 fully saturated rings. The van der Waals surface area contributed by atoms with Crippen LogP contribution in [0.5, 0.6) is 5.75 Å². The molecule has 3 aromatic rings. The molecule has 3 aromatic carbocycles. The number of nitrogens with one attached hydrogen (secondary N) is 3. The van der Waals surface area contributed by atoms with Crippen LogP contribution in [0, 0.1) is 5.41 Å². The monoisotopic (exact) mass is 467 g/mol. The normalized spacial score (nSPS) is 10.9. The van der Waals surface area contributed by atoms with E-state index in [0.29, 0.717) is 16.7 Å². The number of carbonyl (C=O) groups is 2. The van der Waals surface area contributed by atoms with Crippen molar-refractivity contribution in [3.8, 4) is 16.9 Å². The summed E-state index contributed by atoms with van der Waals surface area (Å²) < 4.78 is 23.6. The predicted molar refractivity (Wildman–Crippen MR) is 123 cm³/mol. The van der Waals surface area contributed by atoms with E-state index >= 15 is 0 Å². The average Bonchev–Trinajstić information content (AvgIpc) is 2.78. The molecule has 0 radical (unpaired) electrons. The van der Waals surface area contributed by atoms with E-state index < -0.39 is 21.8 Å². The largest absolute Gasteiger partial charge is 0.506 e. The van der Waals surface area contributed by atoms with Gasteiger partial charge >= 0.3 is 0 Å². The Hall–Kier alpha value is -4.22. The molecular weight excluding hydrogens is 446 g/mol. The number of sulfonamides is 1. The minimum absolute atomic E-state index is 0.0315. The van der Waals surface area contributed by atoms with Gasteiger partial charge in [-0.1, -0.05) is 30.3 Å². The van der Waals surface area contributed by atoms with E-state index in [-0.39, 0.29) is 34.3 Å². The van der Waals surface area contributed by atoms with E-state index in [1.807, 2.05) is 0 Å². The Morgan fingerprint density at radius 3 is 2.24 bits per heavy atom. The number of hydrogen-bond acceptors (Lipinski definition) is 6. The highest BCUT2D eigenvalue weighted by molar-refractivity contribution is 7.89. The SMILES string of the molecule is N=C(N)c1ccc(O)c(NC(=O)CNC(=O)c2ccc(-c3ccccc3S(N)(=O)=O)cc2)c1. The fourth-order valence-electron chi connectivity index (χ4n) is 3.02. The Kier molecular flexibility index (Phi) is 6.75. The first-order chi connectivity index (χ1) is 15.6. The van der Waals surface area contributed by atoms with Crippen molar-refractivity contribution in [2.75, 3.05) is 11.9 Å². The molecule has 11 heteroatoms. The van der Waals surface area contributed by atoms with Gasteiger partial charge in [-0.25, -0.2) is 13.6 Å². The van der Waals surface area contributed by atoms with Gasteiger partial charge in [0, 0.05) is 16.7 Å². The number of phenols is 1. The molecule has 0 saturated carbocycles. The molecule has 0 spiro atoms. The zero-order valence-electron chi connectivity index (χ0n) is 17.2. The molecule has 0 atom stereocenters. The number of amides is 2. The van der Waals surface area contributed by atoms with Crippen molar-refractivity contribution in [1.82, 2.24) is 5.32 Å². The summed E-state index contributed by atoms with van der Waals surface area (Å²) in [5.74, 6) is -1.57. The molecule has 8 N–H and O–H groups in total. The Balaban J connectivity index is 1.66. The first-order valence-electron chi connectivity index (χ1n) is 9.54. The van der Waals surface area contributed by atoms with Crippen molar-refractivity contribution in [3.05, 3.63) is 77.9 Å². The Morgan fingerprint density at radius 2 is 1.61 bits per heavy atom. The number of carbonyl (C=O) groups excluding carboxylic acids is 2. The summed E-state index contributed by atoms with van der Waals surface area (Å²) in [5, 5.41) is 27.4. The maximum atomic E-state index is 12.4. The Morgan fingerprint density at radius 1 is 0.970 bits per heavy atom. The summed E-state index contributed by atoms with van der Waals surface area (Å²) >= 11 is 0. The molecular formula is C22H21N5O5S. The molecule has 2 amide bonds. The average molecular weight is 468 g/mol. The lowest BCUT2D eigenvalue weighted by Crippen LogP contribution is -2.32. The third kappa shape index (κ3) is 5.73. The highest BCUT2D eigenvalue weighted by Gasteiger charge is 2.15. The van der Waals surface area contributed by atoms with Crippen molar-refractivity contribution in [1.29, 1.82) is 5.41 Å². The quantitative estimate of drug-likeness (QED) is 0.173. The minimum atomic E-state index is -3.92. The number of benzene rings is 3. The van der Waals surface area contributed by atoms with Gasteiger partial charge in [0.2, 0.25) is 15.9 Å². The number of amidine groups is 1. The second kappa shape index (κ2) is 9.51. The van der Waals surface area contributed by atoms with Crippen LogP contribution >= 0.6 is 0 Å². The van der Waals surface area contributed by atoms with E-state index in [9.17, 15) is 23.1 Å². The Labute approximate surface area is 189 Å². The van der Waals surface area contributed by atoms with Gasteiger partial charge in [0.05, 0.1) is 17.1 Å². The van der Waals surface area contributed by atoms with Crippen LogP contribution in [0.4, 0.5) is 5.69 Å². The number of hydrogen-bond donors (Lipinski definition) is 6. The Bertz CT molecular complexity index is 1340. The van der Waals surface area contributed by atoms with Gasteiger partial charge in [-0.3, -0.25) is 15.0 Å². The maximum absolute atomic E-state index is 12.4. The molecule has 0 unspecified atom stereocenters. The molecule has 0 bridgehead atoms. The molecule has 170 valence electrons. The van der Waals surface area contributed by atoms with Gasteiger partial charge in [-0.15, -0.1) is 0 Å². The summed E-state index contributed by atoms with van der Waals surface area (Å²) in [6, 6.07) is 16.4. The van der Waals surface area contributed by atoms with Crippen LogP contribution in [0.2, 0.25) is 0 Å². The van der Waals surface area contributed by atoms with Crippen LogP contribution in [-0.2, 0) is 14.8 Å². The number of anilines is 1. The molecule has 0 saturated heterocycles. The summed E-state index contributed by atoms with van der Waals surface area (Å²) in [5.41, 5.74) is 6.97. The van der Waals surface area contributed by atoms with Crippen LogP contribution in [-0.4, -0.2) is 37.7 Å².